The maximum Gasteiger partial charge on any atom is 0.251 e. The smallest absolute Gasteiger partial charge is 0.251 e. The van der Waals surface area contributed by atoms with Crippen molar-refractivity contribution in [3.8, 4) is 0 Å². The van der Waals surface area contributed by atoms with Crippen molar-refractivity contribution in [1.82, 2.24) is 5.32 Å². The molecule has 4 nitrogen and oxygen atoms in total. The fourth-order valence-electron chi connectivity index (χ4n) is 3.02. The molecule has 2 aromatic rings. The van der Waals surface area contributed by atoms with Crippen LogP contribution in [0.3, 0.4) is 0 Å². The van der Waals surface area contributed by atoms with E-state index in [1.165, 1.54) is 5.56 Å². The molecule has 3 rings (SSSR count). The van der Waals surface area contributed by atoms with Gasteiger partial charge in [0.2, 0.25) is 5.91 Å². The number of rotatable bonds is 5. The van der Waals surface area contributed by atoms with Crippen LogP contribution in [0.25, 0.3) is 0 Å². The summed E-state index contributed by atoms with van der Waals surface area (Å²) < 4.78 is 0. The van der Waals surface area contributed by atoms with Crippen molar-refractivity contribution in [3.05, 3.63) is 65.2 Å². The van der Waals surface area contributed by atoms with Gasteiger partial charge >= 0.3 is 0 Å². The third kappa shape index (κ3) is 4.08. The second-order valence-corrected chi connectivity index (χ2v) is 6.77. The molecule has 0 unspecified atom stereocenters. The molecule has 0 radical (unpaired) electrons. The highest BCUT2D eigenvalue weighted by Crippen LogP contribution is 2.21. The minimum atomic E-state index is -0.0749. The Bertz CT molecular complexity index is 748. The van der Waals surface area contributed by atoms with Gasteiger partial charge in [-0.25, -0.2) is 0 Å². The van der Waals surface area contributed by atoms with E-state index in [9.17, 15) is 9.59 Å². The molecular weight excluding hydrogens is 312 g/mol. The first kappa shape index (κ1) is 17.2. The van der Waals surface area contributed by atoms with Crippen LogP contribution in [0.4, 0.5) is 5.69 Å². The maximum atomic E-state index is 12.3. The summed E-state index contributed by atoms with van der Waals surface area (Å²) in [7, 11) is 0. The molecule has 0 aromatic heterocycles. The SMILES string of the molecule is CC(C)c1ccc(C(=O)NCc2ccc(N3CCCC3=O)cc2)cc1. The molecule has 1 aliphatic rings. The van der Waals surface area contributed by atoms with Gasteiger partial charge in [-0.1, -0.05) is 38.1 Å². The fraction of sp³-hybridized carbons (Fsp3) is 0.333. The van der Waals surface area contributed by atoms with Crippen molar-refractivity contribution in [2.24, 2.45) is 0 Å². The van der Waals surface area contributed by atoms with Crippen LogP contribution in [0.5, 0.6) is 0 Å². The molecule has 25 heavy (non-hydrogen) atoms. The second-order valence-electron chi connectivity index (χ2n) is 6.77. The van der Waals surface area contributed by atoms with Gasteiger partial charge in [0.25, 0.3) is 5.91 Å². The molecule has 2 amide bonds. The van der Waals surface area contributed by atoms with Crippen molar-refractivity contribution in [3.63, 3.8) is 0 Å². The number of hydrogen-bond acceptors (Lipinski definition) is 2. The third-order valence-corrected chi connectivity index (χ3v) is 4.61. The number of carbonyl (C=O) groups is 2. The molecule has 1 N–H and O–H groups in total. The number of anilines is 1. The Hall–Kier alpha value is -2.62. The van der Waals surface area contributed by atoms with Crippen LogP contribution < -0.4 is 10.2 Å². The normalized spacial score (nSPS) is 14.2. The first-order valence-electron chi connectivity index (χ1n) is 8.82. The molecule has 2 aromatic carbocycles. The number of nitrogens with zero attached hydrogens (tertiary/aromatic N) is 1. The van der Waals surface area contributed by atoms with Crippen molar-refractivity contribution >= 4 is 17.5 Å². The van der Waals surface area contributed by atoms with Gasteiger partial charge in [-0.15, -0.1) is 0 Å². The van der Waals surface area contributed by atoms with E-state index in [0.29, 0.717) is 24.4 Å². The Morgan fingerprint density at radius 2 is 1.76 bits per heavy atom. The van der Waals surface area contributed by atoms with Crippen molar-refractivity contribution < 1.29 is 9.59 Å². The predicted octanol–water partition coefficient (Wildman–Crippen LogP) is 3.87. The standard InChI is InChI=1S/C21H24N2O2/c1-15(2)17-7-9-18(10-8-17)21(25)22-14-16-5-11-19(12-6-16)23-13-3-4-20(23)24/h5-12,15H,3-4,13-14H2,1-2H3,(H,22,25). The van der Waals surface area contributed by atoms with Crippen molar-refractivity contribution in [1.29, 1.82) is 0 Å². The quantitative estimate of drug-likeness (QED) is 0.901. The lowest BCUT2D eigenvalue weighted by Gasteiger charge is -2.16. The van der Waals surface area contributed by atoms with Gasteiger partial charge in [0.05, 0.1) is 0 Å². The second kappa shape index (κ2) is 7.51. The van der Waals surface area contributed by atoms with Gasteiger partial charge < -0.3 is 10.2 Å². The molecule has 4 heteroatoms. The van der Waals surface area contributed by atoms with E-state index in [1.54, 1.807) is 0 Å². The molecule has 0 atom stereocenters. The van der Waals surface area contributed by atoms with E-state index in [0.717, 1.165) is 24.2 Å². The van der Waals surface area contributed by atoms with Crippen LogP contribution in [0.15, 0.2) is 48.5 Å². The Morgan fingerprint density at radius 1 is 1.08 bits per heavy atom. The summed E-state index contributed by atoms with van der Waals surface area (Å²) in [6.07, 6.45) is 1.56. The first-order valence-corrected chi connectivity index (χ1v) is 8.82. The van der Waals surface area contributed by atoms with E-state index in [1.807, 2.05) is 53.4 Å². The Morgan fingerprint density at radius 3 is 2.32 bits per heavy atom. The van der Waals surface area contributed by atoms with Gasteiger partial charge in [0, 0.05) is 30.8 Å². The van der Waals surface area contributed by atoms with E-state index < -0.39 is 0 Å². The predicted molar refractivity (Wildman–Crippen MR) is 99.7 cm³/mol. The third-order valence-electron chi connectivity index (χ3n) is 4.61. The Labute approximate surface area is 148 Å². The summed E-state index contributed by atoms with van der Waals surface area (Å²) in [5, 5.41) is 2.94. The highest BCUT2D eigenvalue weighted by atomic mass is 16.2. The Kier molecular flexibility index (Phi) is 5.17. The minimum Gasteiger partial charge on any atom is -0.348 e. The zero-order valence-electron chi connectivity index (χ0n) is 14.8. The zero-order valence-corrected chi connectivity index (χ0v) is 14.8. The van der Waals surface area contributed by atoms with Crippen molar-refractivity contribution in [2.75, 3.05) is 11.4 Å². The van der Waals surface area contributed by atoms with Gasteiger partial charge in [0.1, 0.15) is 0 Å². The fourth-order valence-corrected chi connectivity index (χ4v) is 3.02. The average Bonchev–Trinajstić information content (AvgIpc) is 3.06. The molecule has 1 aliphatic heterocycles. The van der Waals surface area contributed by atoms with Gasteiger partial charge in [-0.3, -0.25) is 9.59 Å². The molecular formula is C21H24N2O2. The number of hydrogen-bond donors (Lipinski definition) is 1. The minimum absolute atomic E-state index is 0.0749. The first-order chi connectivity index (χ1) is 12.0. The van der Waals surface area contributed by atoms with Crippen LogP contribution >= 0.6 is 0 Å². The highest BCUT2D eigenvalue weighted by molar-refractivity contribution is 5.95. The van der Waals surface area contributed by atoms with E-state index in [4.69, 9.17) is 0 Å². The summed E-state index contributed by atoms with van der Waals surface area (Å²) in [4.78, 5) is 25.8. The summed E-state index contributed by atoms with van der Waals surface area (Å²) in [6.45, 7) is 5.53. The lowest BCUT2D eigenvalue weighted by atomic mass is 10.0. The molecule has 0 aliphatic carbocycles. The lowest BCUT2D eigenvalue weighted by molar-refractivity contribution is -0.117. The lowest BCUT2D eigenvalue weighted by Crippen LogP contribution is -2.24. The average molecular weight is 336 g/mol. The summed E-state index contributed by atoms with van der Waals surface area (Å²) in [6, 6.07) is 15.6. The molecule has 1 saturated heterocycles. The number of benzene rings is 2. The molecule has 1 fully saturated rings. The van der Waals surface area contributed by atoms with E-state index in [-0.39, 0.29) is 11.8 Å². The monoisotopic (exact) mass is 336 g/mol. The molecule has 1 heterocycles. The van der Waals surface area contributed by atoms with Crippen LogP contribution in [0.2, 0.25) is 0 Å². The largest absolute Gasteiger partial charge is 0.348 e. The zero-order chi connectivity index (χ0) is 17.8. The number of nitrogens with one attached hydrogen (secondary N) is 1. The Balaban J connectivity index is 1.57. The summed E-state index contributed by atoms with van der Waals surface area (Å²) in [5.74, 6) is 0.568. The topological polar surface area (TPSA) is 49.4 Å². The van der Waals surface area contributed by atoms with Crippen molar-refractivity contribution in [2.45, 2.75) is 39.2 Å². The van der Waals surface area contributed by atoms with Gasteiger partial charge in [-0.05, 0) is 47.7 Å². The van der Waals surface area contributed by atoms with Gasteiger partial charge in [-0.2, -0.15) is 0 Å². The molecule has 0 spiro atoms. The maximum absolute atomic E-state index is 12.3. The van der Waals surface area contributed by atoms with Crippen LogP contribution in [-0.4, -0.2) is 18.4 Å². The number of amides is 2. The summed E-state index contributed by atoms with van der Waals surface area (Å²) >= 11 is 0. The summed E-state index contributed by atoms with van der Waals surface area (Å²) in [5.41, 5.74) is 3.84. The van der Waals surface area contributed by atoms with E-state index in [2.05, 4.69) is 19.2 Å². The van der Waals surface area contributed by atoms with E-state index >= 15 is 0 Å². The van der Waals surface area contributed by atoms with Gasteiger partial charge in [0.15, 0.2) is 0 Å². The van der Waals surface area contributed by atoms with Crippen LogP contribution in [0, 0.1) is 0 Å². The van der Waals surface area contributed by atoms with Crippen LogP contribution in [-0.2, 0) is 11.3 Å². The molecule has 130 valence electrons. The number of carbonyl (C=O) groups excluding carboxylic acids is 2. The highest BCUT2D eigenvalue weighted by Gasteiger charge is 2.21. The van der Waals surface area contributed by atoms with Crippen LogP contribution in [0.1, 0.15) is 54.1 Å². The molecule has 0 bridgehead atoms. The molecule has 0 saturated carbocycles.